The molecule has 0 saturated carbocycles. The minimum atomic E-state index is 0.679. The molecule has 2 aromatic carbocycles. The molecule has 0 saturated heterocycles. The third kappa shape index (κ3) is 4.98. The summed E-state index contributed by atoms with van der Waals surface area (Å²) in [5.41, 5.74) is 6.30. The number of nitrogens with zero attached hydrogens (tertiary/aromatic N) is 3. The van der Waals surface area contributed by atoms with Crippen LogP contribution in [0, 0.1) is 18.8 Å². The fourth-order valence-electron chi connectivity index (χ4n) is 3.75. The SMILES string of the molecule is Cc1ccccc1C#Cc1csc2c(NCCCc3ccccc3)nc(-c3ccncc3)nc12. The lowest BCUT2D eigenvalue weighted by Gasteiger charge is -2.09. The zero-order chi connectivity index (χ0) is 23.2. The second-order valence-corrected chi connectivity index (χ2v) is 8.92. The number of aryl methyl sites for hydroxylation is 2. The number of hydrogen-bond acceptors (Lipinski definition) is 5. The molecule has 0 radical (unpaired) electrons. The average molecular weight is 461 g/mol. The summed E-state index contributed by atoms with van der Waals surface area (Å²) in [6.07, 6.45) is 5.58. The van der Waals surface area contributed by atoms with Crippen LogP contribution in [0.3, 0.4) is 0 Å². The van der Waals surface area contributed by atoms with Crippen LogP contribution in [-0.4, -0.2) is 21.5 Å². The molecule has 0 aliphatic carbocycles. The monoisotopic (exact) mass is 460 g/mol. The van der Waals surface area contributed by atoms with E-state index in [1.54, 1.807) is 23.7 Å². The van der Waals surface area contributed by atoms with Crippen molar-refractivity contribution in [2.24, 2.45) is 0 Å². The fraction of sp³-hybridized carbons (Fsp3) is 0.138. The van der Waals surface area contributed by atoms with Crippen LogP contribution < -0.4 is 5.32 Å². The Morgan fingerprint density at radius 1 is 0.853 bits per heavy atom. The molecule has 0 spiro atoms. The Labute approximate surface area is 203 Å². The third-order valence-corrected chi connectivity index (χ3v) is 6.58. The van der Waals surface area contributed by atoms with Gasteiger partial charge in [-0.3, -0.25) is 4.98 Å². The van der Waals surface area contributed by atoms with Crippen molar-refractivity contribution in [1.82, 2.24) is 15.0 Å². The van der Waals surface area contributed by atoms with Crippen LogP contribution in [0.15, 0.2) is 84.5 Å². The molecular weight excluding hydrogens is 436 g/mol. The molecule has 5 rings (SSSR count). The summed E-state index contributed by atoms with van der Waals surface area (Å²) in [5, 5.41) is 5.64. The minimum absolute atomic E-state index is 0.679. The summed E-state index contributed by atoms with van der Waals surface area (Å²) in [4.78, 5) is 13.9. The van der Waals surface area contributed by atoms with Gasteiger partial charge >= 0.3 is 0 Å². The number of nitrogens with one attached hydrogen (secondary N) is 1. The molecule has 5 aromatic rings. The van der Waals surface area contributed by atoms with Crippen LogP contribution in [0.25, 0.3) is 21.6 Å². The highest BCUT2D eigenvalue weighted by Gasteiger charge is 2.14. The van der Waals surface area contributed by atoms with E-state index in [9.17, 15) is 0 Å². The van der Waals surface area contributed by atoms with Crippen LogP contribution in [-0.2, 0) is 6.42 Å². The molecule has 0 aliphatic heterocycles. The van der Waals surface area contributed by atoms with E-state index in [2.05, 4.69) is 70.8 Å². The quantitative estimate of drug-likeness (QED) is 0.232. The first-order valence-electron chi connectivity index (χ1n) is 11.3. The number of aromatic nitrogens is 3. The number of benzene rings is 2. The van der Waals surface area contributed by atoms with Crippen LogP contribution in [0.1, 0.15) is 28.7 Å². The van der Waals surface area contributed by atoms with E-state index in [0.717, 1.165) is 52.1 Å². The molecule has 34 heavy (non-hydrogen) atoms. The first-order valence-corrected chi connectivity index (χ1v) is 12.2. The van der Waals surface area contributed by atoms with Gasteiger partial charge in [0.15, 0.2) is 5.82 Å². The second-order valence-electron chi connectivity index (χ2n) is 8.04. The van der Waals surface area contributed by atoms with E-state index in [1.165, 1.54) is 11.1 Å². The van der Waals surface area contributed by atoms with Crippen LogP contribution in [0.2, 0.25) is 0 Å². The van der Waals surface area contributed by atoms with Gasteiger partial charge in [-0.15, -0.1) is 11.3 Å². The Morgan fingerprint density at radius 2 is 1.62 bits per heavy atom. The number of thiophene rings is 1. The molecule has 5 heteroatoms. The Kier molecular flexibility index (Phi) is 6.60. The van der Waals surface area contributed by atoms with Gasteiger partial charge in [0.2, 0.25) is 0 Å². The number of hydrogen-bond donors (Lipinski definition) is 1. The Bertz CT molecular complexity index is 1460. The summed E-state index contributed by atoms with van der Waals surface area (Å²) in [6, 6.07) is 22.6. The molecule has 166 valence electrons. The highest BCUT2D eigenvalue weighted by molar-refractivity contribution is 7.18. The maximum absolute atomic E-state index is 4.91. The average Bonchev–Trinajstić information content (AvgIpc) is 3.30. The molecule has 0 fully saturated rings. The first kappa shape index (κ1) is 21.8. The predicted molar refractivity (Wildman–Crippen MR) is 141 cm³/mol. The van der Waals surface area contributed by atoms with Crippen molar-refractivity contribution in [3.63, 3.8) is 0 Å². The van der Waals surface area contributed by atoms with Crippen LogP contribution >= 0.6 is 11.3 Å². The lowest BCUT2D eigenvalue weighted by molar-refractivity contribution is 0.860. The molecule has 0 atom stereocenters. The Balaban J connectivity index is 1.47. The van der Waals surface area contributed by atoms with Crippen LogP contribution in [0.4, 0.5) is 5.82 Å². The first-order chi connectivity index (χ1) is 16.8. The van der Waals surface area contributed by atoms with E-state index >= 15 is 0 Å². The highest BCUT2D eigenvalue weighted by atomic mass is 32.1. The second kappa shape index (κ2) is 10.3. The number of pyridine rings is 1. The summed E-state index contributed by atoms with van der Waals surface area (Å²) >= 11 is 1.64. The molecule has 4 nitrogen and oxygen atoms in total. The van der Waals surface area contributed by atoms with Gasteiger partial charge in [-0.1, -0.05) is 60.4 Å². The molecule has 0 unspecified atom stereocenters. The van der Waals surface area contributed by atoms with Gasteiger partial charge in [-0.05, 0) is 49.1 Å². The molecule has 0 amide bonds. The van der Waals surface area contributed by atoms with Crippen molar-refractivity contribution in [3.05, 3.63) is 107 Å². The normalized spacial score (nSPS) is 10.6. The molecule has 3 aromatic heterocycles. The van der Waals surface area contributed by atoms with Crippen molar-refractivity contribution in [1.29, 1.82) is 0 Å². The third-order valence-electron chi connectivity index (χ3n) is 5.61. The molecule has 0 aliphatic rings. The fourth-order valence-corrected chi connectivity index (χ4v) is 4.65. The Morgan fingerprint density at radius 3 is 2.44 bits per heavy atom. The van der Waals surface area contributed by atoms with Crippen molar-refractivity contribution in [2.75, 3.05) is 11.9 Å². The van der Waals surface area contributed by atoms with E-state index in [1.807, 2.05) is 30.3 Å². The van der Waals surface area contributed by atoms with E-state index in [-0.39, 0.29) is 0 Å². The molecule has 3 heterocycles. The minimum Gasteiger partial charge on any atom is -0.369 e. The van der Waals surface area contributed by atoms with Crippen molar-refractivity contribution >= 4 is 27.4 Å². The zero-order valence-corrected chi connectivity index (χ0v) is 19.8. The lowest BCUT2D eigenvalue weighted by atomic mass is 10.1. The molecule has 0 bridgehead atoms. The maximum atomic E-state index is 4.91. The van der Waals surface area contributed by atoms with Gasteiger partial charge in [-0.25, -0.2) is 9.97 Å². The van der Waals surface area contributed by atoms with Crippen molar-refractivity contribution in [3.8, 4) is 23.2 Å². The largest absolute Gasteiger partial charge is 0.369 e. The van der Waals surface area contributed by atoms with Gasteiger partial charge in [-0.2, -0.15) is 0 Å². The maximum Gasteiger partial charge on any atom is 0.162 e. The Hall–Kier alpha value is -4.01. The highest BCUT2D eigenvalue weighted by Crippen LogP contribution is 2.32. The van der Waals surface area contributed by atoms with Gasteiger partial charge < -0.3 is 5.32 Å². The summed E-state index contributed by atoms with van der Waals surface area (Å²) < 4.78 is 1.03. The number of anilines is 1. The van der Waals surface area contributed by atoms with Crippen LogP contribution in [0.5, 0.6) is 0 Å². The molecular formula is C29H24N4S. The van der Waals surface area contributed by atoms with Crippen molar-refractivity contribution in [2.45, 2.75) is 19.8 Å². The lowest BCUT2D eigenvalue weighted by Crippen LogP contribution is -2.06. The van der Waals surface area contributed by atoms with E-state index in [4.69, 9.17) is 9.97 Å². The van der Waals surface area contributed by atoms with Gasteiger partial charge in [0.05, 0.1) is 10.3 Å². The van der Waals surface area contributed by atoms with Crippen molar-refractivity contribution < 1.29 is 0 Å². The zero-order valence-electron chi connectivity index (χ0n) is 19.0. The topological polar surface area (TPSA) is 50.7 Å². The standard InChI is InChI=1S/C29H24N4S/c1-21-8-5-6-12-23(21)13-14-25-20-34-27-26(25)32-28(24-15-18-30-19-16-24)33-29(27)31-17-7-11-22-9-3-2-4-10-22/h2-6,8-10,12,15-16,18-20H,7,11,17H2,1H3,(H,31,32,33). The van der Waals surface area contributed by atoms with Gasteiger partial charge in [0.25, 0.3) is 0 Å². The number of fused-ring (bicyclic) bond motifs is 1. The van der Waals surface area contributed by atoms with Gasteiger partial charge in [0, 0.05) is 35.4 Å². The van der Waals surface area contributed by atoms with E-state index in [0.29, 0.717) is 5.82 Å². The molecule has 1 N–H and O–H groups in total. The van der Waals surface area contributed by atoms with Gasteiger partial charge in [0.1, 0.15) is 11.3 Å². The van der Waals surface area contributed by atoms with E-state index < -0.39 is 0 Å². The smallest absolute Gasteiger partial charge is 0.162 e. The summed E-state index contributed by atoms with van der Waals surface area (Å²) in [5.74, 6) is 8.21. The predicted octanol–water partition coefficient (Wildman–Crippen LogP) is 6.51. The summed E-state index contributed by atoms with van der Waals surface area (Å²) in [6.45, 7) is 2.91. The number of rotatable bonds is 6. The summed E-state index contributed by atoms with van der Waals surface area (Å²) in [7, 11) is 0.